The van der Waals surface area contributed by atoms with Gasteiger partial charge in [0, 0.05) is 24.8 Å². The van der Waals surface area contributed by atoms with Crippen molar-refractivity contribution in [3.05, 3.63) is 23.8 Å². The number of rotatable bonds is 9. The summed E-state index contributed by atoms with van der Waals surface area (Å²) < 4.78 is 5.29. The molecular weight excluding hydrogens is 304 g/mol. The SMILES string of the molecule is CCCCNc1ccc(C(=O)OCCCN2CCCCC2)c(O)c1. The van der Waals surface area contributed by atoms with Crippen LogP contribution < -0.4 is 5.32 Å². The molecule has 1 aliphatic rings. The van der Waals surface area contributed by atoms with Crippen molar-refractivity contribution in [3.8, 4) is 5.75 Å². The van der Waals surface area contributed by atoms with E-state index in [0.717, 1.165) is 51.1 Å². The van der Waals surface area contributed by atoms with Crippen LogP contribution in [0.5, 0.6) is 5.75 Å². The normalized spacial score (nSPS) is 15.2. The zero-order valence-corrected chi connectivity index (χ0v) is 14.7. The lowest BCUT2D eigenvalue weighted by Crippen LogP contribution is -2.31. The molecule has 1 fully saturated rings. The third-order valence-electron chi connectivity index (χ3n) is 4.38. The van der Waals surface area contributed by atoms with E-state index < -0.39 is 5.97 Å². The van der Waals surface area contributed by atoms with E-state index in [1.54, 1.807) is 18.2 Å². The van der Waals surface area contributed by atoms with E-state index in [4.69, 9.17) is 4.74 Å². The van der Waals surface area contributed by atoms with Crippen LogP contribution in [0.1, 0.15) is 55.8 Å². The van der Waals surface area contributed by atoms with Crippen LogP contribution in [0.4, 0.5) is 5.69 Å². The third-order valence-corrected chi connectivity index (χ3v) is 4.38. The van der Waals surface area contributed by atoms with Crippen molar-refractivity contribution in [3.63, 3.8) is 0 Å². The number of aromatic hydroxyl groups is 1. The van der Waals surface area contributed by atoms with Crippen molar-refractivity contribution in [1.29, 1.82) is 0 Å². The Labute approximate surface area is 145 Å². The smallest absolute Gasteiger partial charge is 0.341 e. The maximum absolute atomic E-state index is 12.1. The second-order valence-electron chi connectivity index (χ2n) is 6.40. The standard InChI is InChI=1S/C19H30N2O3/c1-2-3-10-20-16-8-9-17(18(22)15-16)19(23)24-14-7-13-21-11-5-4-6-12-21/h8-9,15,20,22H,2-7,10-14H2,1H3. The van der Waals surface area contributed by atoms with Crippen molar-refractivity contribution < 1.29 is 14.6 Å². The van der Waals surface area contributed by atoms with Crippen molar-refractivity contribution in [2.45, 2.75) is 45.4 Å². The van der Waals surface area contributed by atoms with Gasteiger partial charge in [-0.15, -0.1) is 0 Å². The minimum atomic E-state index is -0.453. The van der Waals surface area contributed by atoms with Gasteiger partial charge < -0.3 is 20.1 Å². The molecule has 1 aromatic rings. The van der Waals surface area contributed by atoms with Gasteiger partial charge in [0.15, 0.2) is 0 Å². The monoisotopic (exact) mass is 334 g/mol. The number of hydrogen-bond acceptors (Lipinski definition) is 5. The molecule has 24 heavy (non-hydrogen) atoms. The summed E-state index contributed by atoms with van der Waals surface area (Å²) in [6, 6.07) is 5.01. The summed E-state index contributed by atoms with van der Waals surface area (Å²) in [6.07, 6.45) is 6.89. The molecule has 2 rings (SSSR count). The van der Waals surface area contributed by atoms with Crippen LogP contribution in [-0.2, 0) is 4.74 Å². The van der Waals surface area contributed by atoms with E-state index in [2.05, 4.69) is 17.1 Å². The van der Waals surface area contributed by atoms with Crippen LogP contribution >= 0.6 is 0 Å². The first-order valence-corrected chi connectivity index (χ1v) is 9.17. The van der Waals surface area contributed by atoms with Crippen LogP contribution in [-0.4, -0.2) is 48.8 Å². The molecule has 0 unspecified atom stereocenters. The first-order chi connectivity index (χ1) is 11.7. The average Bonchev–Trinajstić information content (AvgIpc) is 2.60. The van der Waals surface area contributed by atoms with Gasteiger partial charge in [-0.25, -0.2) is 4.79 Å². The summed E-state index contributed by atoms with van der Waals surface area (Å²) in [7, 11) is 0. The van der Waals surface area contributed by atoms with Crippen LogP contribution in [0.3, 0.4) is 0 Å². The van der Waals surface area contributed by atoms with E-state index in [1.165, 1.54) is 19.3 Å². The minimum absolute atomic E-state index is 0.0301. The lowest BCUT2D eigenvalue weighted by molar-refractivity contribution is 0.0482. The first kappa shape index (κ1) is 18.6. The highest BCUT2D eigenvalue weighted by atomic mass is 16.5. The quantitative estimate of drug-likeness (QED) is 0.533. The van der Waals surface area contributed by atoms with Crippen molar-refractivity contribution >= 4 is 11.7 Å². The first-order valence-electron chi connectivity index (χ1n) is 9.17. The lowest BCUT2D eigenvalue weighted by Gasteiger charge is -2.26. The highest BCUT2D eigenvalue weighted by molar-refractivity contribution is 5.93. The molecule has 1 heterocycles. The molecule has 0 saturated carbocycles. The summed E-state index contributed by atoms with van der Waals surface area (Å²) >= 11 is 0. The third kappa shape index (κ3) is 6.04. The van der Waals surface area contributed by atoms with Gasteiger partial charge >= 0.3 is 5.97 Å². The zero-order valence-electron chi connectivity index (χ0n) is 14.7. The number of benzene rings is 1. The van der Waals surface area contributed by atoms with Gasteiger partial charge in [0.1, 0.15) is 11.3 Å². The molecule has 1 saturated heterocycles. The number of carbonyl (C=O) groups is 1. The number of nitrogens with one attached hydrogen (secondary N) is 1. The fourth-order valence-corrected chi connectivity index (χ4v) is 2.94. The molecule has 0 aromatic heterocycles. The maximum atomic E-state index is 12.1. The van der Waals surface area contributed by atoms with Gasteiger partial charge in [-0.1, -0.05) is 19.8 Å². The van der Waals surface area contributed by atoms with Crippen LogP contribution in [0.2, 0.25) is 0 Å². The molecule has 1 aromatic carbocycles. The summed E-state index contributed by atoms with van der Waals surface area (Å²) in [6.45, 7) is 6.66. The summed E-state index contributed by atoms with van der Waals surface area (Å²) in [5.41, 5.74) is 1.05. The Morgan fingerprint density at radius 1 is 1.25 bits per heavy atom. The van der Waals surface area contributed by atoms with Gasteiger partial charge in [0.05, 0.1) is 6.61 Å². The Balaban J connectivity index is 1.73. The Morgan fingerprint density at radius 2 is 2.04 bits per heavy atom. The largest absolute Gasteiger partial charge is 0.507 e. The predicted octanol–water partition coefficient (Wildman–Crippen LogP) is 3.64. The van der Waals surface area contributed by atoms with Crippen molar-refractivity contribution in [2.75, 3.05) is 38.1 Å². The molecule has 1 aliphatic heterocycles. The van der Waals surface area contributed by atoms with Gasteiger partial charge in [0.25, 0.3) is 0 Å². The number of phenols is 1. The fourth-order valence-electron chi connectivity index (χ4n) is 2.94. The number of unbranched alkanes of at least 4 members (excludes halogenated alkanes) is 1. The number of ether oxygens (including phenoxy) is 1. The predicted molar refractivity (Wildman–Crippen MR) is 96.7 cm³/mol. The number of carbonyl (C=O) groups excluding carboxylic acids is 1. The average molecular weight is 334 g/mol. The lowest BCUT2D eigenvalue weighted by atomic mass is 10.1. The van der Waals surface area contributed by atoms with Crippen LogP contribution in [0.15, 0.2) is 18.2 Å². The zero-order chi connectivity index (χ0) is 17.2. The summed E-state index contributed by atoms with van der Waals surface area (Å²) in [5, 5.41) is 13.3. The van der Waals surface area contributed by atoms with Crippen LogP contribution in [0.25, 0.3) is 0 Å². The Morgan fingerprint density at radius 3 is 2.75 bits per heavy atom. The molecule has 5 heteroatoms. The number of phenolic OH excluding ortho intramolecular Hbond substituents is 1. The van der Waals surface area contributed by atoms with Gasteiger partial charge in [-0.05, 0) is 50.9 Å². The second-order valence-corrected chi connectivity index (χ2v) is 6.40. The van der Waals surface area contributed by atoms with E-state index in [0.29, 0.717) is 6.61 Å². The second kappa shape index (κ2) is 10.2. The van der Waals surface area contributed by atoms with E-state index in [9.17, 15) is 9.90 Å². The van der Waals surface area contributed by atoms with Crippen molar-refractivity contribution in [1.82, 2.24) is 4.90 Å². The Kier molecular flexibility index (Phi) is 7.89. The van der Waals surface area contributed by atoms with E-state index >= 15 is 0 Å². The minimum Gasteiger partial charge on any atom is -0.507 e. The molecule has 2 N–H and O–H groups in total. The number of anilines is 1. The molecule has 5 nitrogen and oxygen atoms in total. The molecule has 0 bridgehead atoms. The molecular formula is C19H30N2O3. The van der Waals surface area contributed by atoms with E-state index in [1.807, 2.05) is 0 Å². The number of esters is 1. The molecule has 0 atom stereocenters. The highest BCUT2D eigenvalue weighted by Gasteiger charge is 2.14. The highest BCUT2D eigenvalue weighted by Crippen LogP contribution is 2.23. The Bertz CT molecular complexity index is 513. The number of nitrogens with zero attached hydrogens (tertiary/aromatic N) is 1. The van der Waals surface area contributed by atoms with E-state index in [-0.39, 0.29) is 11.3 Å². The number of hydrogen-bond donors (Lipinski definition) is 2. The molecule has 0 spiro atoms. The molecule has 134 valence electrons. The molecule has 0 radical (unpaired) electrons. The Hall–Kier alpha value is -1.75. The number of likely N-dealkylation sites (tertiary alicyclic amines) is 1. The van der Waals surface area contributed by atoms with Gasteiger partial charge in [-0.2, -0.15) is 0 Å². The topological polar surface area (TPSA) is 61.8 Å². The maximum Gasteiger partial charge on any atom is 0.341 e. The van der Waals surface area contributed by atoms with Crippen LogP contribution in [0, 0.1) is 0 Å². The fraction of sp³-hybridized carbons (Fsp3) is 0.632. The molecule has 0 aliphatic carbocycles. The molecule has 0 amide bonds. The van der Waals surface area contributed by atoms with Crippen molar-refractivity contribution in [2.24, 2.45) is 0 Å². The number of piperidine rings is 1. The van der Waals surface area contributed by atoms with Gasteiger partial charge in [0.2, 0.25) is 0 Å². The summed E-state index contributed by atoms with van der Waals surface area (Å²) in [5.74, 6) is -0.483. The summed E-state index contributed by atoms with van der Waals surface area (Å²) in [4.78, 5) is 14.5. The van der Waals surface area contributed by atoms with Gasteiger partial charge in [-0.3, -0.25) is 0 Å².